The molecule has 2 aromatic carbocycles. The van der Waals surface area contributed by atoms with Crippen molar-refractivity contribution in [3.63, 3.8) is 0 Å². The molecule has 2 amide bonds. The second-order valence-electron chi connectivity index (χ2n) is 7.73. The molecule has 0 aliphatic carbocycles. The van der Waals surface area contributed by atoms with Gasteiger partial charge in [0.25, 0.3) is 5.91 Å². The molecule has 0 bridgehead atoms. The molecule has 0 fully saturated rings. The fraction of sp³-hybridized carbons (Fsp3) is 0.250. The van der Waals surface area contributed by atoms with Gasteiger partial charge in [-0.25, -0.2) is 0 Å². The molecule has 0 saturated heterocycles. The van der Waals surface area contributed by atoms with Gasteiger partial charge in [0.05, 0.1) is 4.88 Å². The molecule has 3 rings (SSSR count). The normalized spacial score (nSPS) is 13.1. The summed E-state index contributed by atoms with van der Waals surface area (Å²) in [5, 5.41) is 7.06. The van der Waals surface area contributed by atoms with E-state index in [4.69, 9.17) is 5.73 Å². The Bertz CT molecular complexity index is 980. The standard InChI is InChI=1S/C24H27N3O2S/c1-15(2)17-6-8-18(9-7-17)22(21-5-4-14-30-21)26-16(3)24(29)27-20-12-10-19(11-13-20)23(25)28/h4-16,22,26H,1-3H3,(H2,25,28)(H,27,29)/p+1/t16-,22+/m0/s1. The van der Waals surface area contributed by atoms with Crippen molar-refractivity contribution in [1.29, 1.82) is 0 Å². The summed E-state index contributed by atoms with van der Waals surface area (Å²) in [6, 6.07) is 19.1. The zero-order valence-corrected chi connectivity index (χ0v) is 18.3. The lowest BCUT2D eigenvalue weighted by molar-refractivity contribution is -0.703. The Morgan fingerprint density at radius 1 is 0.933 bits per heavy atom. The van der Waals surface area contributed by atoms with E-state index in [-0.39, 0.29) is 18.0 Å². The SMILES string of the molecule is CC(C)c1ccc([C@@H]([NH2+][C@@H](C)C(=O)Nc2ccc(C(N)=O)cc2)c2cccs2)cc1. The molecule has 3 aromatic rings. The molecule has 0 radical (unpaired) electrons. The molecule has 5 N–H and O–H groups in total. The van der Waals surface area contributed by atoms with Crippen LogP contribution in [0.5, 0.6) is 0 Å². The van der Waals surface area contributed by atoms with Crippen molar-refractivity contribution in [3.05, 3.63) is 87.6 Å². The third-order valence-corrected chi connectivity index (χ3v) is 6.10. The molecule has 156 valence electrons. The first-order chi connectivity index (χ1) is 14.3. The number of carbonyl (C=O) groups excluding carboxylic acids is 2. The van der Waals surface area contributed by atoms with Gasteiger partial charge in [-0.1, -0.05) is 44.2 Å². The number of thiophene rings is 1. The third-order valence-electron chi connectivity index (χ3n) is 5.14. The number of rotatable bonds is 8. The van der Waals surface area contributed by atoms with Crippen LogP contribution in [0.2, 0.25) is 0 Å². The molecule has 0 spiro atoms. The molecule has 5 nitrogen and oxygen atoms in total. The molecule has 1 aromatic heterocycles. The molecular weight excluding hydrogens is 394 g/mol. The van der Waals surface area contributed by atoms with E-state index in [0.717, 1.165) is 0 Å². The number of nitrogens with one attached hydrogen (secondary N) is 1. The van der Waals surface area contributed by atoms with Crippen molar-refractivity contribution in [2.45, 2.75) is 38.8 Å². The molecule has 0 aliphatic rings. The minimum absolute atomic E-state index is 0.0456. The Balaban J connectivity index is 1.73. The lowest BCUT2D eigenvalue weighted by atomic mass is 9.98. The van der Waals surface area contributed by atoms with Gasteiger partial charge in [-0.2, -0.15) is 0 Å². The number of primary amides is 1. The lowest BCUT2D eigenvalue weighted by Crippen LogP contribution is -2.92. The van der Waals surface area contributed by atoms with Crippen LogP contribution in [0.1, 0.15) is 59.1 Å². The average Bonchev–Trinajstić information content (AvgIpc) is 3.26. The van der Waals surface area contributed by atoms with Gasteiger partial charge in [0.1, 0.15) is 6.04 Å². The van der Waals surface area contributed by atoms with Gasteiger partial charge >= 0.3 is 0 Å². The highest BCUT2D eigenvalue weighted by Crippen LogP contribution is 2.25. The van der Waals surface area contributed by atoms with E-state index in [1.54, 1.807) is 35.6 Å². The van der Waals surface area contributed by atoms with Crippen molar-refractivity contribution < 1.29 is 14.9 Å². The van der Waals surface area contributed by atoms with Crippen molar-refractivity contribution >= 4 is 28.8 Å². The number of amides is 2. The van der Waals surface area contributed by atoms with Gasteiger partial charge in [0.2, 0.25) is 5.91 Å². The maximum Gasteiger partial charge on any atom is 0.282 e. The number of hydrogen-bond donors (Lipinski definition) is 3. The molecule has 6 heteroatoms. The Hall–Kier alpha value is -2.96. The molecule has 0 aliphatic heterocycles. The highest BCUT2D eigenvalue weighted by Gasteiger charge is 2.25. The number of benzene rings is 2. The summed E-state index contributed by atoms with van der Waals surface area (Å²) < 4.78 is 0. The molecular formula is C24H28N3O2S+. The highest BCUT2D eigenvalue weighted by molar-refractivity contribution is 7.10. The summed E-state index contributed by atoms with van der Waals surface area (Å²) in [6.45, 7) is 6.26. The Labute approximate surface area is 181 Å². The number of anilines is 1. The van der Waals surface area contributed by atoms with Gasteiger partial charge in [0.15, 0.2) is 6.04 Å². The van der Waals surface area contributed by atoms with Crippen molar-refractivity contribution in [1.82, 2.24) is 0 Å². The molecule has 2 atom stereocenters. The van der Waals surface area contributed by atoms with Crippen LogP contribution in [0.3, 0.4) is 0 Å². The van der Waals surface area contributed by atoms with Crippen LogP contribution in [-0.4, -0.2) is 17.9 Å². The number of quaternary nitrogens is 1. The van der Waals surface area contributed by atoms with Crippen molar-refractivity contribution in [3.8, 4) is 0 Å². The minimum Gasteiger partial charge on any atom is -0.366 e. The quantitative estimate of drug-likeness (QED) is 0.517. The predicted molar refractivity (Wildman–Crippen MR) is 122 cm³/mol. The van der Waals surface area contributed by atoms with Crippen LogP contribution in [-0.2, 0) is 4.79 Å². The highest BCUT2D eigenvalue weighted by atomic mass is 32.1. The van der Waals surface area contributed by atoms with Crippen LogP contribution in [0.4, 0.5) is 5.69 Å². The van der Waals surface area contributed by atoms with Gasteiger partial charge in [-0.05, 0) is 54.1 Å². The molecule has 0 saturated carbocycles. The first-order valence-electron chi connectivity index (χ1n) is 10.0. The maximum atomic E-state index is 12.8. The van der Waals surface area contributed by atoms with E-state index in [0.29, 0.717) is 17.2 Å². The van der Waals surface area contributed by atoms with E-state index in [2.05, 4.69) is 60.2 Å². The molecule has 0 unspecified atom stereocenters. The summed E-state index contributed by atoms with van der Waals surface area (Å²) >= 11 is 1.69. The summed E-state index contributed by atoms with van der Waals surface area (Å²) in [4.78, 5) is 25.2. The third kappa shape index (κ3) is 5.34. The first-order valence-corrected chi connectivity index (χ1v) is 10.9. The van der Waals surface area contributed by atoms with E-state index >= 15 is 0 Å². The zero-order chi connectivity index (χ0) is 21.7. The average molecular weight is 423 g/mol. The predicted octanol–water partition coefficient (Wildman–Crippen LogP) is 3.65. The zero-order valence-electron chi connectivity index (χ0n) is 17.5. The van der Waals surface area contributed by atoms with Crippen LogP contribution >= 0.6 is 11.3 Å². The van der Waals surface area contributed by atoms with Crippen LogP contribution in [0.15, 0.2) is 66.0 Å². The van der Waals surface area contributed by atoms with Gasteiger partial charge in [-0.3, -0.25) is 9.59 Å². The van der Waals surface area contributed by atoms with Gasteiger partial charge in [0, 0.05) is 16.8 Å². The Morgan fingerprint density at radius 2 is 1.57 bits per heavy atom. The summed E-state index contributed by atoms with van der Waals surface area (Å²) in [5.41, 5.74) is 8.79. The van der Waals surface area contributed by atoms with Crippen LogP contribution in [0.25, 0.3) is 0 Å². The van der Waals surface area contributed by atoms with E-state index in [9.17, 15) is 9.59 Å². The fourth-order valence-electron chi connectivity index (χ4n) is 3.28. The molecule has 1 heterocycles. The number of hydrogen-bond acceptors (Lipinski definition) is 3. The van der Waals surface area contributed by atoms with Gasteiger partial charge < -0.3 is 16.4 Å². The second kappa shape index (κ2) is 9.69. The Morgan fingerprint density at radius 3 is 2.10 bits per heavy atom. The monoisotopic (exact) mass is 422 g/mol. The Kier molecular flexibility index (Phi) is 7.03. The second-order valence-corrected chi connectivity index (χ2v) is 8.71. The van der Waals surface area contributed by atoms with Crippen molar-refractivity contribution in [2.75, 3.05) is 5.32 Å². The smallest absolute Gasteiger partial charge is 0.282 e. The van der Waals surface area contributed by atoms with Crippen LogP contribution in [0, 0.1) is 0 Å². The van der Waals surface area contributed by atoms with E-state index in [1.165, 1.54) is 16.0 Å². The number of nitrogens with two attached hydrogens (primary N) is 2. The topological polar surface area (TPSA) is 88.8 Å². The largest absolute Gasteiger partial charge is 0.366 e. The van der Waals surface area contributed by atoms with E-state index < -0.39 is 5.91 Å². The minimum atomic E-state index is -0.489. The van der Waals surface area contributed by atoms with Crippen molar-refractivity contribution in [2.24, 2.45) is 5.73 Å². The summed E-state index contributed by atoms with van der Waals surface area (Å²) in [7, 11) is 0. The first kappa shape index (κ1) is 21.7. The van der Waals surface area contributed by atoms with Gasteiger partial charge in [-0.15, -0.1) is 11.3 Å². The fourth-order valence-corrected chi connectivity index (χ4v) is 4.11. The molecule has 30 heavy (non-hydrogen) atoms. The van der Waals surface area contributed by atoms with Crippen LogP contribution < -0.4 is 16.4 Å². The maximum absolute atomic E-state index is 12.8. The van der Waals surface area contributed by atoms with E-state index in [1.807, 2.05) is 13.0 Å². The summed E-state index contributed by atoms with van der Waals surface area (Å²) in [5.74, 6) is -0.104. The lowest BCUT2D eigenvalue weighted by Gasteiger charge is -2.20. The summed E-state index contributed by atoms with van der Waals surface area (Å²) in [6.07, 6.45) is 0. The number of carbonyl (C=O) groups is 2.